The summed E-state index contributed by atoms with van der Waals surface area (Å²) in [5, 5.41) is 2.81. The molecule has 1 heterocycles. The number of rotatable bonds is 2. The molecule has 1 saturated carbocycles. The average molecular weight is 238 g/mol. The lowest BCUT2D eigenvalue weighted by Crippen LogP contribution is -2.54. The Labute approximate surface area is 101 Å². The topological polar surface area (TPSA) is 66.5 Å². The molecule has 2 atom stereocenters. The van der Waals surface area contributed by atoms with Crippen molar-refractivity contribution in [2.75, 3.05) is 6.54 Å². The van der Waals surface area contributed by atoms with Crippen molar-refractivity contribution in [3.8, 4) is 0 Å². The molecule has 1 N–H and O–H groups in total. The van der Waals surface area contributed by atoms with Crippen LogP contribution in [0.25, 0.3) is 0 Å². The maximum absolute atomic E-state index is 12.3. The number of nitrogens with one attached hydrogen (secondary N) is 1. The fourth-order valence-electron chi connectivity index (χ4n) is 2.86. The fraction of sp³-hybridized carbons (Fsp3) is 0.750. The maximum Gasteiger partial charge on any atom is 0.325 e. The number of hydrogen-bond acceptors (Lipinski definition) is 3. The third-order valence-corrected chi connectivity index (χ3v) is 3.88. The van der Waals surface area contributed by atoms with Crippen LogP contribution in [0, 0.1) is 5.92 Å². The van der Waals surface area contributed by atoms with E-state index < -0.39 is 11.6 Å². The molecule has 5 nitrogen and oxygen atoms in total. The molecular formula is C12H18N2O3. The number of carbonyl (C=O) groups is 3. The van der Waals surface area contributed by atoms with E-state index in [1.807, 2.05) is 6.92 Å². The van der Waals surface area contributed by atoms with E-state index >= 15 is 0 Å². The van der Waals surface area contributed by atoms with Crippen LogP contribution in [0.2, 0.25) is 0 Å². The number of imide groups is 1. The van der Waals surface area contributed by atoms with Gasteiger partial charge in [0.25, 0.3) is 5.91 Å². The summed E-state index contributed by atoms with van der Waals surface area (Å²) in [6.07, 6.45) is 3.68. The molecule has 94 valence electrons. The quantitative estimate of drug-likeness (QED) is 0.732. The maximum atomic E-state index is 12.3. The van der Waals surface area contributed by atoms with E-state index in [4.69, 9.17) is 0 Å². The van der Waals surface area contributed by atoms with Gasteiger partial charge in [-0.25, -0.2) is 4.79 Å². The van der Waals surface area contributed by atoms with Gasteiger partial charge in [-0.3, -0.25) is 14.5 Å². The van der Waals surface area contributed by atoms with Crippen LogP contribution in [0.4, 0.5) is 4.79 Å². The predicted molar refractivity (Wildman–Crippen MR) is 61.3 cm³/mol. The summed E-state index contributed by atoms with van der Waals surface area (Å²) in [6, 6.07) is -0.418. The summed E-state index contributed by atoms with van der Waals surface area (Å²) in [4.78, 5) is 36.2. The van der Waals surface area contributed by atoms with Crippen LogP contribution in [-0.2, 0) is 9.59 Å². The molecule has 17 heavy (non-hydrogen) atoms. The summed E-state index contributed by atoms with van der Waals surface area (Å²) in [7, 11) is 0. The molecule has 3 amide bonds. The molecule has 0 unspecified atom stereocenters. The van der Waals surface area contributed by atoms with Crippen LogP contribution in [-0.4, -0.2) is 34.7 Å². The smallest absolute Gasteiger partial charge is 0.323 e. The summed E-state index contributed by atoms with van der Waals surface area (Å²) >= 11 is 0. The average Bonchev–Trinajstić information content (AvgIpc) is 2.48. The van der Waals surface area contributed by atoms with Gasteiger partial charge < -0.3 is 5.32 Å². The van der Waals surface area contributed by atoms with E-state index in [9.17, 15) is 14.4 Å². The number of urea groups is 1. The normalized spacial score (nSPS) is 33.1. The van der Waals surface area contributed by atoms with Gasteiger partial charge in [-0.05, 0) is 25.7 Å². The minimum absolute atomic E-state index is 0.112. The van der Waals surface area contributed by atoms with Gasteiger partial charge in [-0.15, -0.1) is 0 Å². The van der Waals surface area contributed by atoms with Crippen molar-refractivity contribution in [3.05, 3.63) is 0 Å². The minimum Gasteiger partial charge on any atom is -0.323 e. The van der Waals surface area contributed by atoms with Gasteiger partial charge in [-0.2, -0.15) is 0 Å². The number of nitrogens with zero attached hydrogens (tertiary/aromatic N) is 1. The molecule has 1 aliphatic heterocycles. The van der Waals surface area contributed by atoms with Crippen molar-refractivity contribution in [3.63, 3.8) is 0 Å². The first kappa shape index (κ1) is 12.1. The molecule has 1 saturated heterocycles. The Morgan fingerprint density at radius 1 is 1.47 bits per heavy atom. The standard InChI is InChI=1S/C12H18N2O3/c1-8-5-3-4-6-12(8)10(16)14(7-9(2)15)11(17)13-12/h8H,3-7H2,1-2H3,(H,13,17)/t8-,12-/m0/s1. The number of carbonyl (C=O) groups excluding carboxylic acids is 3. The largest absolute Gasteiger partial charge is 0.325 e. The van der Waals surface area contributed by atoms with E-state index in [0.29, 0.717) is 6.42 Å². The highest BCUT2D eigenvalue weighted by Crippen LogP contribution is 2.37. The minimum atomic E-state index is -0.745. The number of ketones is 1. The first-order valence-corrected chi connectivity index (χ1v) is 6.11. The second-order valence-corrected chi connectivity index (χ2v) is 5.14. The Hall–Kier alpha value is -1.39. The lowest BCUT2D eigenvalue weighted by atomic mass is 9.73. The fourth-order valence-corrected chi connectivity index (χ4v) is 2.86. The zero-order valence-corrected chi connectivity index (χ0v) is 10.3. The molecule has 0 aromatic heterocycles. The molecule has 2 fully saturated rings. The van der Waals surface area contributed by atoms with Crippen LogP contribution in [0.5, 0.6) is 0 Å². The summed E-state index contributed by atoms with van der Waals surface area (Å²) in [5.74, 6) is -0.247. The second-order valence-electron chi connectivity index (χ2n) is 5.14. The van der Waals surface area contributed by atoms with Gasteiger partial charge in [0, 0.05) is 0 Å². The molecular weight excluding hydrogens is 220 g/mol. The van der Waals surface area contributed by atoms with Crippen molar-refractivity contribution < 1.29 is 14.4 Å². The van der Waals surface area contributed by atoms with E-state index in [2.05, 4.69) is 5.32 Å². The number of Topliss-reactive ketones (excluding diaryl/α,β-unsaturated/α-hetero) is 1. The van der Waals surface area contributed by atoms with Gasteiger partial charge in [0.05, 0.1) is 6.54 Å². The van der Waals surface area contributed by atoms with Crippen LogP contribution in [0.1, 0.15) is 39.5 Å². The van der Waals surface area contributed by atoms with Crippen molar-refractivity contribution >= 4 is 17.7 Å². The third kappa shape index (κ3) is 1.83. The first-order chi connectivity index (χ1) is 7.97. The lowest BCUT2D eigenvalue weighted by Gasteiger charge is -2.36. The van der Waals surface area contributed by atoms with Crippen molar-refractivity contribution in [1.29, 1.82) is 0 Å². The molecule has 1 spiro atoms. The predicted octanol–water partition coefficient (Wildman–Crippen LogP) is 1.08. The van der Waals surface area contributed by atoms with Crippen molar-refractivity contribution in [1.82, 2.24) is 10.2 Å². The Morgan fingerprint density at radius 2 is 2.18 bits per heavy atom. The van der Waals surface area contributed by atoms with Crippen molar-refractivity contribution in [2.24, 2.45) is 5.92 Å². The number of amides is 3. The Bertz CT molecular complexity index is 380. The first-order valence-electron chi connectivity index (χ1n) is 6.11. The van der Waals surface area contributed by atoms with Crippen LogP contribution in [0.3, 0.4) is 0 Å². The highest BCUT2D eigenvalue weighted by atomic mass is 16.2. The molecule has 0 bridgehead atoms. The summed E-state index contributed by atoms with van der Waals surface area (Å²) in [6.45, 7) is 3.27. The molecule has 0 radical (unpaired) electrons. The Balaban J connectivity index is 2.24. The van der Waals surface area contributed by atoms with Crippen LogP contribution in [0.15, 0.2) is 0 Å². The highest BCUT2D eigenvalue weighted by molar-refractivity contribution is 6.09. The lowest BCUT2D eigenvalue weighted by molar-refractivity contribution is -0.136. The Kier molecular flexibility index (Phi) is 2.93. The zero-order valence-electron chi connectivity index (χ0n) is 10.3. The molecule has 2 aliphatic rings. The molecule has 5 heteroatoms. The van der Waals surface area contributed by atoms with E-state index in [0.717, 1.165) is 24.2 Å². The van der Waals surface area contributed by atoms with Gasteiger partial charge in [0.1, 0.15) is 11.3 Å². The second kappa shape index (κ2) is 4.13. The molecule has 2 rings (SSSR count). The third-order valence-electron chi connectivity index (χ3n) is 3.88. The summed E-state index contributed by atoms with van der Waals surface area (Å²) in [5.41, 5.74) is -0.745. The van der Waals surface area contributed by atoms with Gasteiger partial charge in [-0.1, -0.05) is 19.8 Å². The highest BCUT2D eigenvalue weighted by Gasteiger charge is 2.54. The summed E-state index contributed by atoms with van der Waals surface area (Å²) < 4.78 is 0. The molecule has 0 aromatic carbocycles. The monoisotopic (exact) mass is 238 g/mol. The van der Waals surface area contributed by atoms with E-state index in [1.54, 1.807) is 0 Å². The Morgan fingerprint density at radius 3 is 2.76 bits per heavy atom. The van der Waals surface area contributed by atoms with Crippen LogP contribution < -0.4 is 5.32 Å². The van der Waals surface area contributed by atoms with Gasteiger partial charge in [0.2, 0.25) is 0 Å². The van der Waals surface area contributed by atoms with Crippen LogP contribution >= 0.6 is 0 Å². The van der Waals surface area contributed by atoms with Gasteiger partial charge >= 0.3 is 6.03 Å². The molecule has 1 aliphatic carbocycles. The van der Waals surface area contributed by atoms with E-state index in [1.165, 1.54) is 6.92 Å². The van der Waals surface area contributed by atoms with Gasteiger partial charge in [0.15, 0.2) is 0 Å². The zero-order chi connectivity index (χ0) is 12.6. The van der Waals surface area contributed by atoms with E-state index in [-0.39, 0.29) is 24.2 Å². The SMILES string of the molecule is CC(=O)CN1C(=O)N[C@]2(CCCC[C@@H]2C)C1=O. The number of hydrogen-bond donors (Lipinski definition) is 1. The van der Waals surface area contributed by atoms with Crippen molar-refractivity contribution in [2.45, 2.75) is 45.1 Å². The molecule has 0 aromatic rings.